The summed E-state index contributed by atoms with van der Waals surface area (Å²) in [5, 5.41) is 5.24. The summed E-state index contributed by atoms with van der Waals surface area (Å²) < 4.78 is 24.0. The maximum Gasteiger partial charge on any atom is 0.211 e. The first-order chi connectivity index (χ1) is 17.5. The molecule has 4 heteroatoms. The lowest BCUT2D eigenvalue weighted by Gasteiger charge is -2.14. The molecule has 36 heavy (non-hydrogen) atoms. The summed E-state index contributed by atoms with van der Waals surface area (Å²) in [5.41, 5.74) is 0. The van der Waals surface area contributed by atoms with Gasteiger partial charge in [-0.15, -0.1) is 0 Å². The molecule has 0 aromatic carbocycles. The lowest BCUT2D eigenvalue weighted by Crippen LogP contribution is -2.28. The topological polar surface area (TPSA) is 60.2 Å². The molecular formula is C32H67NO2S. The number of unbranched alkanes of at least 4 members (excludes halogenated alkanes) is 25. The summed E-state index contributed by atoms with van der Waals surface area (Å²) in [7, 11) is -3.40. The van der Waals surface area contributed by atoms with Gasteiger partial charge < -0.3 is 0 Å². The van der Waals surface area contributed by atoms with E-state index < -0.39 is 10.0 Å². The van der Waals surface area contributed by atoms with Crippen molar-refractivity contribution >= 4 is 10.0 Å². The molecule has 0 heterocycles. The summed E-state index contributed by atoms with van der Waals surface area (Å²) in [6, 6.07) is 0. The van der Waals surface area contributed by atoms with Crippen molar-refractivity contribution in [1.82, 2.24) is 0 Å². The SMILES string of the molecule is CCCCCCCCCCCCCCCCC(CCCCCCCCCCCCCCC)S(N)(=O)=O. The Morgan fingerprint density at radius 3 is 0.778 bits per heavy atom. The molecule has 218 valence electrons. The number of sulfonamides is 1. The van der Waals surface area contributed by atoms with Gasteiger partial charge in [-0.3, -0.25) is 0 Å². The second-order valence-corrected chi connectivity index (χ2v) is 13.5. The smallest absolute Gasteiger partial charge is 0.211 e. The van der Waals surface area contributed by atoms with Gasteiger partial charge in [0.15, 0.2) is 0 Å². The molecular weight excluding hydrogens is 462 g/mol. The zero-order valence-corrected chi connectivity index (χ0v) is 25.7. The highest BCUT2D eigenvalue weighted by Gasteiger charge is 2.20. The lowest BCUT2D eigenvalue weighted by atomic mass is 10.0. The van der Waals surface area contributed by atoms with Crippen LogP contribution in [0.5, 0.6) is 0 Å². The molecule has 0 amide bonds. The number of hydrogen-bond acceptors (Lipinski definition) is 2. The third-order valence-electron chi connectivity index (χ3n) is 7.97. The molecule has 0 rings (SSSR count). The summed E-state index contributed by atoms with van der Waals surface area (Å²) >= 11 is 0. The van der Waals surface area contributed by atoms with Gasteiger partial charge in [0.05, 0.1) is 5.25 Å². The molecule has 0 aliphatic rings. The predicted molar refractivity (Wildman–Crippen MR) is 162 cm³/mol. The Morgan fingerprint density at radius 1 is 0.389 bits per heavy atom. The first-order valence-electron chi connectivity index (χ1n) is 16.5. The molecule has 0 spiro atoms. The molecule has 1 unspecified atom stereocenters. The van der Waals surface area contributed by atoms with Crippen molar-refractivity contribution in [2.75, 3.05) is 0 Å². The quantitative estimate of drug-likeness (QED) is 0.0940. The largest absolute Gasteiger partial charge is 0.228 e. The predicted octanol–water partition coefficient (Wildman–Crippen LogP) is 11.0. The Labute approximate surface area is 228 Å². The normalized spacial score (nSPS) is 12.9. The summed E-state index contributed by atoms with van der Waals surface area (Å²) in [6.07, 6.45) is 37.3. The number of primary sulfonamides is 1. The van der Waals surface area contributed by atoms with Crippen LogP contribution >= 0.6 is 0 Å². The van der Waals surface area contributed by atoms with E-state index in [4.69, 9.17) is 5.14 Å². The van der Waals surface area contributed by atoms with Crippen LogP contribution in [0.2, 0.25) is 0 Å². The van der Waals surface area contributed by atoms with Crippen LogP contribution in [0.3, 0.4) is 0 Å². The minimum atomic E-state index is -3.40. The highest BCUT2D eigenvalue weighted by Crippen LogP contribution is 2.19. The van der Waals surface area contributed by atoms with E-state index in [1.807, 2.05) is 0 Å². The molecule has 0 aliphatic heterocycles. The van der Waals surface area contributed by atoms with E-state index in [0.717, 1.165) is 38.5 Å². The van der Waals surface area contributed by atoms with E-state index in [-0.39, 0.29) is 5.25 Å². The molecule has 0 fully saturated rings. The summed E-state index contributed by atoms with van der Waals surface area (Å²) in [4.78, 5) is 0. The molecule has 0 saturated heterocycles. The van der Waals surface area contributed by atoms with E-state index >= 15 is 0 Å². The van der Waals surface area contributed by atoms with E-state index in [1.165, 1.54) is 148 Å². The van der Waals surface area contributed by atoms with Crippen LogP contribution in [-0.4, -0.2) is 13.7 Å². The highest BCUT2D eigenvalue weighted by molar-refractivity contribution is 7.89. The molecule has 0 saturated carbocycles. The molecule has 0 aromatic rings. The maximum absolute atomic E-state index is 12.0. The van der Waals surface area contributed by atoms with Crippen molar-refractivity contribution in [2.45, 2.75) is 205 Å². The molecule has 1 atom stereocenters. The molecule has 0 aliphatic carbocycles. The third kappa shape index (κ3) is 27.0. The van der Waals surface area contributed by atoms with Gasteiger partial charge in [0.25, 0.3) is 0 Å². The van der Waals surface area contributed by atoms with Gasteiger partial charge in [-0.1, -0.05) is 187 Å². The number of rotatable bonds is 30. The van der Waals surface area contributed by atoms with Gasteiger partial charge in [0.2, 0.25) is 10.0 Å². The number of nitrogens with two attached hydrogens (primary N) is 1. The molecule has 0 bridgehead atoms. The van der Waals surface area contributed by atoms with Crippen LogP contribution in [0, 0.1) is 0 Å². The standard InChI is InChI=1S/C32H67NO2S/c1-3-5-7-9-11-13-15-17-19-21-23-25-27-29-31-32(36(33,34)35)30-28-26-24-22-20-18-16-14-12-10-8-6-4-2/h32H,3-31H2,1-2H3,(H2,33,34,35). The zero-order chi connectivity index (χ0) is 26.6. The average molecular weight is 530 g/mol. The number of hydrogen-bond donors (Lipinski definition) is 1. The van der Waals surface area contributed by atoms with Crippen molar-refractivity contribution in [3.8, 4) is 0 Å². The van der Waals surface area contributed by atoms with Crippen molar-refractivity contribution < 1.29 is 8.42 Å². The van der Waals surface area contributed by atoms with Crippen LogP contribution in [0.25, 0.3) is 0 Å². The maximum atomic E-state index is 12.0. The van der Waals surface area contributed by atoms with Gasteiger partial charge in [-0.05, 0) is 12.8 Å². The van der Waals surface area contributed by atoms with Gasteiger partial charge in [-0.25, -0.2) is 13.6 Å². The molecule has 3 nitrogen and oxygen atoms in total. The van der Waals surface area contributed by atoms with Gasteiger partial charge in [0.1, 0.15) is 0 Å². The Bertz CT molecular complexity index is 520. The second kappa shape index (κ2) is 27.9. The van der Waals surface area contributed by atoms with Gasteiger partial charge in [-0.2, -0.15) is 0 Å². The zero-order valence-electron chi connectivity index (χ0n) is 24.9. The fraction of sp³-hybridized carbons (Fsp3) is 1.00. The van der Waals surface area contributed by atoms with Crippen molar-refractivity contribution in [3.05, 3.63) is 0 Å². The third-order valence-corrected chi connectivity index (χ3v) is 9.37. The van der Waals surface area contributed by atoms with Crippen LogP contribution in [0.1, 0.15) is 200 Å². The van der Waals surface area contributed by atoms with Crippen LogP contribution in [-0.2, 0) is 10.0 Å². The second-order valence-electron chi connectivity index (χ2n) is 11.6. The fourth-order valence-corrected chi connectivity index (χ4v) is 6.42. The Morgan fingerprint density at radius 2 is 0.583 bits per heavy atom. The van der Waals surface area contributed by atoms with Crippen LogP contribution < -0.4 is 5.14 Å². The van der Waals surface area contributed by atoms with E-state index in [2.05, 4.69) is 13.8 Å². The summed E-state index contributed by atoms with van der Waals surface area (Å²) in [5.74, 6) is 0. The first kappa shape index (κ1) is 35.9. The Kier molecular flexibility index (Phi) is 27.9. The minimum Gasteiger partial charge on any atom is -0.228 e. The summed E-state index contributed by atoms with van der Waals surface area (Å²) in [6.45, 7) is 4.55. The Hall–Kier alpha value is -0.0900. The monoisotopic (exact) mass is 529 g/mol. The van der Waals surface area contributed by atoms with E-state index in [9.17, 15) is 8.42 Å². The average Bonchev–Trinajstić information content (AvgIpc) is 2.85. The highest BCUT2D eigenvalue weighted by atomic mass is 32.2. The molecule has 0 aromatic heterocycles. The van der Waals surface area contributed by atoms with E-state index in [0.29, 0.717) is 0 Å². The fourth-order valence-electron chi connectivity index (χ4n) is 5.43. The van der Waals surface area contributed by atoms with Gasteiger partial charge in [0, 0.05) is 0 Å². The lowest BCUT2D eigenvalue weighted by molar-refractivity contribution is 0.502. The van der Waals surface area contributed by atoms with Crippen molar-refractivity contribution in [2.24, 2.45) is 5.14 Å². The van der Waals surface area contributed by atoms with Gasteiger partial charge >= 0.3 is 0 Å². The molecule has 2 N–H and O–H groups in total. The Balaban J connectivity index is 3.55. The van der Waals surface area contributed by atoms with E-state index in [1.54, 1.807) is 0 Å². The molecule has 0 radical (unpaired) electrons. The van der Waals surface area contributed by atoms with Crippen molar-refractivity contribution in [1.29, 1.82) is 0 Å². The van der Waals surface area contributed by atoms with Crippen LogP contribution in [0.4, 0.5) is 0 Å². The van der Waals surface area contributed by atoms with Crippen molar-refractivity contribution in [3.63, 3.8) is 0 Å². The van der Waals surface area contributed by atoms with Crippen LogP contribution in [0.15, 0.2) is 0 Å². The minimum absolute atomic E-state index is 0.317. The first-order valence-corrected chi connectivity index (χ1v) is 18.1.